The summed E-state index contributed by atoms with van der Waals surface area (Å²) in [6, 6.07) is 11.6. The maximum absolute atomic E-state index is 12.2. The summed E-state index contributed by atoms with van der Waals surface area (Å²) in [6.45, 7) is 3.62. The summed E-state index contributed by atoms with van der Waals surface area (Å²) in [7, 11) is 0. The zero-order chi connectivity index (χ0) is 16.1. The molecule has 130 valence electrons. The second-order valence-corrected chi connectivity index (χ2v) is 6.73. The van der Waals surface area contributed by atoms with E-state index in [1.807, 2.05) is 41.8 Å². The fourth-order valence-corrected chi connectivity index (χ4v) is 3.66. The number of hydrogen-bond acceptors (Lipinski definition) is 4. The predicted octanol–water partition coefficient (Wildman–Crippen LogP) is 3.63. The first-order valence-electron chi connectivity index (χ1n) is 7.63. The van der Waals surface area contributed by atoms with Crippen molar-refractivity contribution in [3.05, 3.63) is 57.2 Å². The molecule has 1 unspecified atom stereocenters. The topological polar surface area (TPSA) is 41.6 Å². The van der Waals surface area contributed by atoms with Gasteiger partial charge in [0, 0.05) is 24.7 Å². The second-order valence-electron chi connectivity index (χ2n) is 5.37. The lowest BCUT2D eigenvalue weighted by molar-refractivity contribution is 0.0162. The van der Waals surface area contributed by atoms with Crippen molar-refractivity contribution in [3.8, 4) is 0 Å². The Kier molecular flexibility index (Phi) is 7.52. The van der Waals surface area contributed by atoms with E-state index in [1.165, 1.54) is 11.3 Å². The Labute approximate surface area is 157 Å². The number of ether oxygens (including phenoxy) is 1. The van der Waals surface area contributed by atoms with E-state index in [2.05, 4.69) is 10.2 Å². The Morgan fingerprint density at radius 3 is 2.67 bits per heavy atom. The van der Waals surface area contributed by atoms with Crippen molar-refractivity contribution in [2.75, 3.05) is 32.8 Å². The van der Waals surface area contributed by atoms with E-state index in [0.29, 0.717) is 19.8 Å². The van der Waals surface area contributed by atoms with E-state index < -0.39 is 0 Å². The quantitative estimate of drug-likeness (QED) is 0.852. The first-order valence-corrected chi connectivity index (χ1v) is 8.89. The first kappa shape index (κ1) is 19.2. The molecule has 0 aliphatic carbocycles. The number of hydrogen-bond donors (Lipinski definition) is 1. The lowest BCUT2D eigenvalue weighted by atomic mass is 10.0. The highest BCUT2D eigenvalue weighted by atomic mass is 35.5. The van der Waals surface area contributed by atoms with Gasteiger partial charge in [-0.1, -0.05) is 35.9 Å². The van der Waals surface area contributed by atoms with Crippen molar-refractivity contribution in [3.63, 3.8) is 0 Å². The molecule has 2 heterocycles. The van der Waals surface area contributed by atoms with Crippen LogP contribution in [0.4, 0.5) is 0 Å². The number of thiophene rings is 1. The minimum atomic E-state index is -0.0367. The monoisotopic (exact) mass is 386 g/mol. The number of nitrogens with one attached hydrogen (secondary N) is 1. The number of amides is 1. The van der Waals surface area contributed by atoms with E-state index in [-0.39, 0.29) is 24.4 Å². The Hall–Kier alpha value is -1.11. The van der Waals surface area contributed by atoms with E-state index in [9.17, 15) is 4.79 Å². The number of benzene rings is 1. The Morgan fingerprint density at radius 2 is 2.00 bits per heavy atom. The van der Waals surface area contributed by atoms with E-state index >= 15 is 0 Å². The molecule has 2 aromatic rings. The number of carbonyl (C=O) groups is 1. The van der Waals surface area contributed by atoms with Gasteiger partial charge in [0.2, 0.25) is 0 Å². The summed E-state index contributed by atoms with van der Waals surface area (Å²) in [6.07, 6.45) is 0. The highest BCUT2D eigenvalue weighted by molar-refractivity contribution is 7.12. The molecule has 1 fully saturated rings. The second kappa shape index (κ2) is 9.39. The van der Waals surface area contributed by atoms with Gasteiger partial charge < -0.3 is 10.1 Å². The third kappa shape index (κ3) is 4.71. The van der Waals surface area contributed by atoms with Gasteiger partial charge in [-0.3, -0.25) is 9.69 Å². The number of carbonyl (C=O) groups excluding carboxylic acids is 1. The van der Waals surface area contributed by atoms with Crippen LogP contribution in [0.5, 0.6) is 0 Å². The molecular weight excluding hydrogens is 367 g/mol. The zero-order valence-corrected chi connectivity index (χ0v) is 15.5. The molecule has 4 nitrogen and oxygen atoms in total. The standard InChI is InChI=1S/C17H19ClN2O2S.ClH/c18-14-5-2-1-4-13(14)15(20-7-9-22-10-8-20)12-19-17(21)16-6-3-11-23-16;/h1-6,11,15H,7-10,12H2,(H,19,21);1H. The molecule has 1 aromatic carbocycles. The number of nitrogens with zero attached hydrogens (tertiary/aromatic N) is 1. The molecule has 0 spiro atoms. The van der Waals surface area contributed by atoms with Gasteiger partial charge in [0.1, 0.15) is 0 Å². The smallest absolute Gasteiger partial charge is 0.261 e. The van der Waals surface area contributed by atoms with Crippen LogP contribution in [0.25, 0.3) is 0 Å². The molecule has 0 radical (unpaired) electrons. The van der Waals surface area contributed by atoms with Crippen LogP contribution in [0.3, 0.4) is 0 Å². The Balaban J connectivity index is 0.00000208. The fraction of sp³-hybridized carbons (Fsp3) is 0.353. The first-order chi connectivity index (χ1) is 11.3. The molecule has 24 heavy (non-hydrogen) atoms. The molecule has 1 aliphatic heterocycles. The van der Waals surface area contributed by atoms with Crippen molar-refractivity contribution < 1.29 is 9.53 Å². The van der Waals surface area contributed by atoms with Gasteiger partial charge in [-0.25, -0.2) is 0 Å². The lowest BCUT2D eigenvalue weighted by Crippen LogP contribution is -2.43. The maximum atomic E-state index is 12.2. The maximum Gasteiger partial charge on any atom is 0.261 e. The molecular formula is C17H20Cl2N2O2S. The average molecular weight is 387 g/mol. The lowest BCUT2D eigenvalue weighted by Gasteiger charge is -2.35. The highest BCUT2D eigenvalue weighted by Gasteiger charge is 2.25. The number of halogens is 2. The van der Waals surface area contributed by atoms with Gasteiger partial charge in [-0.2, -0.15) is 0 Å². The average Bonchev–Trinajstić information content (AvgIpc) is 3.12. The largest absolute Gasteiger partial charge is 0.379 e. The summed E-state index contributed by atoms with van der Waals surface area (Å²) >= 11 is 7.83. The summed E-state index contributed by atoms with van der Waals surface area (Å²) in [5, 5.41) is 5.67. The third-order valence-corrected chi connectivity index (χ3v) is 5.16. The van der Waals surface area contributed by atoms with Crippen LogP contribution in [-0.4, -0.2) is 43.7 Å². The van der Waals surface area contributed by atoms with Gasteiger partial charge in [0.05, 0.1) is 24.1 Å². The van der Waals surface area contributed by atoms with Crippen LogP contribution in [0.1, 0.15) is 21.3 Å². The SMILES string of the molecule is Cl.O=C(NCC(c1ccccc1Cl)N1CCOCC1)c1cccs1. The van der Waals surface area contributed by atoms with Crippen LogP contribution in [-0.2, 0) is 4.74 Å². The van der Waals surface area contributed by atoms with Crippen LogP contribution in [0.2, 0.25) is 5.02 Å². The summed E-state index contributed by atoms with van der Waals surface area (Å²) in [5.74, 6) is -0.0367. The molecule has 1 aromatic heterocycles. The minimum Gasteiger partial charge on any atom is -0.379 e. The molecule has 0 saturated carbocycles. The molecule has 1 amide bonds. The van der Waals surface area contributed by atoms with Gasteiger partial charge >= 0.3 is 0 Å². The highest BCUT2D eigenvalue weighted by Crippen LogP contribution is 2.27. The summed E-state index contributed by atoms with van der Waals surface area (Å²) in [5.41, 5.74) is 1.04. The van der Waals surface area contributed by atoms with Crippen molar-refractivity contribution in [2.24, 2.45) is 0 Å². The zero-order valence-electron chi connectivity index (χ0n) is 13.1. The van der Waals surface area contributed by atoms with E-state index in [0.717, 1.165) is 28.6 Å². The number of morpholine rings is 1. The normalized spacial score (nSPS) is 16.2. The van der Waals surface area contributed by atoms with Crippen LogP contribution >= 0.6 is 35.3 Å². The van der Waals surface area contributed by atoms with E-state index in [4.69, 9.17) is 16.3 Å². The fourth-order valence-electron chi connectivity index (χ4n) is 2.75. The van der Waals surface area contributed by atoms with Crippen molar-refractivity contribution in [1.29, 1.82) is 0 Å². The molecule has 3 rings (SSSR count). The van der Waals surface area contributed by atoms with Crippen molar-refractivity contribution in [1.82, 2.24) is 10.2 Å². The molecule has 0 bridgehead atoms. The van der Waals surface area contributed by atoms with Gasteiger partial charge in [-0.15, -0.1) is 23.7 Å². The Morgan fingerprint density at radius 1 is 1.25 bits per heavy atom. The molecule has 1 N–H and O–H groups in total. The number of rotatable bonds is 5. The van der Waals surface area contributed by atoms with Gasteiger partial charge in [0.25, 0.3) is 5.91 Å². The molecule has 1 aliphatic rings. The Bertz CT molecular complexity index is 646. The van der Waals surface area contributed by atoms with Crippen LogP contribution < -0.4 is 5.32 Å². The van der Waals surface area contributed by atoms with Crippen LogP contribution in [0.15, 0.2) is 41.8 Å². The third-order valence-electron chi connectivity index (χ3n) is 3.95. The molecule has 7 heteroatoms. The molecule has 1 atom stereocenters. The summed E-state index contributed by atoms with van der Waals surface area (Å²) in [4.78, 5) is 15.3. The minimum absolute atomic E-state index is 0. The van der Waals surface area contributed by atoms with Gasteiger partial charge in [0.15, 0.2) is 0 Å². The van der Waals surface area contributed by atoms with Crippen molar-refractivity contribution in [2.45, 2.75) is 6.04 Å². The predicted molar refractivity (Wildman–Crippen MR) is 100 cm³/mol. The molecule has 1 saturated heterocycles. The van der Waals surface area contributed by atoms with Gasteiger partial charge in [-0.05, 0) is 23.1 Å². The van der Waals surface area contributed by atoms with Crippen molar-refractivity contribution >= 4 is 41.3 Å². The van der Waals surface area contributed by atoms with Crippen LogP contribution in [0, 0.1) is 0 Å². The summed E-state index contributed by atoms with van der Waals surface area (Å²) < 4.78 is 5.44. The van der Waals surface area contributed by atoms with E-state index in [1.54, 1.807) is 0 Å².